The van der Waals surface area contributed by atoms with E-state index in [0.717, 1.165) is 18.2 Å². The van der Waals surface area contributed by atoms with E-state index >= 15 is 0 Å². The smallest absolute Gasteiger partial charge is 0.335 e. The van der Waals surface area contributed by atoms with E-state index in [4.69, 9.17) is 5.11 Å². The normalized spacial score (nSPS) is 10.1. The molecule has 0 radical (unpaired) electrons. The van der Waals surface area contributed by atoms with Crippen molar-refractivity contribution in [1.82, 2.24) is 4.98 Å². The number of hydrogen-bond donors (Lipinski definition) is 2. The van der Waals surface area contributed by atoms with E-state index in [1.54, 1.807) is 6.07 Å². The van der Waals surface area contributed by atoms with Crippen LogP contribution in [-0.4, -0.2) is 22.0 Å². The zero-order valence-electron chi connectivity index (χ0n) is 9.93. The lowest BCUT2D eigenvalue weighted by Crippen LogP contribution is -2.15. The first-order valence-electron chi connectivity index (χ1n) is 5.43. The molecule has 1 heterocycles. The standard InChI is InChI=1S/C13H8BrFN2O3/c14-8-2-4-10(16-6-8)12(18)17-11-5-7(13(19)20)1-3-9(11)15/h1-6H,(H,17,18)(H,19,20). The fourth-order valence-corrected chi connectivity index (χ4v) is 1.69. The van der Waals surface area contributed by atoms with Gasteiger partial charge in [-0.3, -0.25) is 4.79 Å². The molecular weight excluding hydrogens is 331 g/mol. The molecule has 2 rings (SSSR count). The van der Waals surface area contributed by atoms with Crippen LogP contribution in [0.2, 0.25) is 0 Å². The molecule has 2 aromatic rings. The molecule has 1 aromatic carbocycles. The average Bonchev–Trinajstić information content (AvgIpc) is 2.41. The minimum atomic E-state index is -1.21. The third-order valence-corrected chi connectivity index (χ3v) is 2.89. The fourth-order valence-electron chi connectivity index (χ4n) is 1.45. The molecule has 0 spiro atoms. The maximum absolute atomic E-state index is 13.5. The van der Waals surface area contributed by atoms with Gasteiger partial charge < -0.3 is 10.4 Å². The minimum Gasteiger partial charge on any atom is -0.478 e. The maximum Gasteiger partial charge on any atom is 0.335 e. The third-order valence-electron chi connectivity index (χ3n) is 2.42. The van der Waals surface area contributed by atoms with Gasteiger partial charge >= 0.3 is 5.97 Å². The van der Waals surface area contributed by atoms with Gasteiger partial charge in [0.15, 0.2) is 0 Å². The first kappa shape index (κ1) is 14.1. The zero-order valence-corrected chi connectivity index (χ0v) is 11.5. The molecule has 7 heteroatoms. The summed E-state index contributed by atoms with van der Waals surface area (Å²) in [5.74, 6) is -2.55. The van der Waals surface area contributed by atoms with Crippen LogP contribution in [0.3, 0.4) is 0 Å². The number of rotatable bonds is 3. The Balaban J connectivity index is 2.25. The summed E-state index contributed by atoms with van der Waals surface area (Å²) in [4.78, 5) is 26.5. The third kappa shape index (κ3) is 3.18. The molecule has 5 nitrogen and oxygen atoms in total. The van der Waals surface area contributed by atoms with Gasteiger partial charge in [-0.05, 0) is 46.3 Å². The second-order valence-corrected chi connectivity index (χ2v) is 4.73. The molecule has 0 bridgehead atoms. The van der Waals surface area contributed by atoms with Crippen molar-refractivity contribution in [3.05, 3.63) is 58.1 Å². The van der Waals surface area contributed by atoms with Crippen molar-refractivity contribution in [3.8, 4) is 0 Å². The lowest BCUT2D eigenvalue weighted by atomic mass is 10.2. The number of benzene rings is 1. The quantitative estimate of drug-likeness (QED) is 0.901. The van der Waals surface area contributed by atoms with Crippen molar-refractivity contribution in [2.24, 2.45) is 0 Å². The number of carbonyl (C=O) groups is 2. The van der Waals surface area contributed by atoms with E-state index in [0.29, 0.717) is 4.47 Å². The number of nitrogens with one attached hydrogen (secondary N) is 1. The van der Waals surface area contributed by atoms with Gasteiger partial charge in [0.2, 0.25) is 0 Å². The van der Waals surface area contributed by atoms with Crippen molar-refractivity contribution < 1.29 is 19.1 Å². The van der Waals surface area contributed by atoms with Gasteiger partial charge in [0.1, 0.15) is 11.5 Å². The summed E-state index contributed by atoms with van der Waals surface area (Å²) in [6, 6.07) is 6.22. The molecule has 0 saturated carbocycles. The molecule has 0 saturated heterocycles. The average molecular weight is 339 g/mol. The van der Waals surface area contributed by atoms with Gasteiger partial charge in [-0.2, -0.15) is 0 Å². The summed E-state index contributed by atoms with van der Waals surface area (Å²) >= 11 is 3.18. The predicted octanol–water partition coefficient (Wildman–Crippen LogP) is 2.93. The Morgan fingerprint density at radius 2 is 2.00 bits per heavy atom. The van der Waals surface area contributed by atoms with Crippen molar-refractivity contribution in [1.29, 1.82) is 0 Å². The number of hydrogen-bond acceptors (Lipinski definition) is 3. The van der Waals surface area contributed by atoms with Crippen LogP contribution >= 0.6 is 15.9 Å². The predicted molar refractivity (Wildman–Crippen MR) is 73.2 cm³/mol. The first-order chi connectivity index (χ1) is 9.47. The van der Waals surface area contributed by atoms with E-state index in [2.05, 4.69) is 26.2 Å². The summed E-state index contributed by atoms with van der Waals surface area (Å²) in [5.41, 5.74) is -0.238. The second-order valence-electron chi connectivity index (χ2n) is 3.82. The highest BCUT2D eigenvalue weighted by Crippen LogP contribution is 2.17. The molecule has 0 aliphatic heterocycles. The fraction of sp³-hybridized carbons (Fsp3) is 0. The largest absolute Gasteiger partial charge is 0.478 e. The summed E-state index contributed by atoms with van der Waals surface area (Å²) in [5, 5.41) is 11.1. The first-order valence-corrected chi connectivity index (χ1v) is 6.22. The molecule has 1 aromatic heterocycles. The van der Waals surface area contributed by atoms with Crippen LogP contribution in [0.25, 0.3) is 0 Å². The monoisotopic (exact) mass is 338 g/mol. The van der Waals surface area contributed by atoms with E-state index in [1.807, 2.05) is 0 Å². The Bertz CT molecular complexity index is 674. The lowest BCUT2D eigenvalue weighted by Gasteiger charge is -2.07. The second kappa shape index (κ2) is 5.79. The summed E-state index contributed by atoms with van der Waals surface area (Å²) in [6.45, 7) is 0. The summed E-state index contributed by atoms with van der Waals surface area (Å²) in [7, 11) is 0. The Labute approximate surface area is 121 Å². The molecule has 102 valence electrons. The number of halogens is 2. The molecular formula is C13H8BrFN2O3. The number of aromatic carboxylic acids is 1. The van der Waals surface area contributed by atoms with Crippen LogP contribution in [-0.2, 0) is 0 Å². The summed E-state index contributed by atoms with van der Waals surface area (Å²) < 4.78 is 14.2. The van der Waals surface area contributed by atoms with E-state index in [1.165, 1.54) is 12.3 Å². The minimum absolute atomic E-state index is 0.0910. The van der Waals surface area contributed by atoms with Crippen molar-refractivity contribution in [3.63, 3.8) is 0 Å². The molecule has 2 N–H and O–H groups in total. The highest BCUT2D eigenvalue weighted by Gasteiger charge is 2.13. The van der Waals surface area contributed by atoms with E-state index < -0.39 is 17.7 Å². The number of pyridine rings is 1. The Morgan fingerprint density at radius 1 is 1.25 bits per heavy atom. The summed E-state index contributed by atoms with van der Waals surface area (Å²) in [6.07, 6.45) is 1.43. The van der Waals surface area contributed by atoms with Gasteiger partial charge in [-0.25, -0.2) is 14.2 Å². The SMILES string of the molecule is O=C(O)c1ccc(F)c(NC(=O)c2ccc(Br)cn2)c1. The molecule has 0 aliphatic rings. The van der Waals surface area contributed by atoms with Gasteiger partial charge in [-0.1, -0.05) is 0 Å². The van der Waals surface area contributed by atoms with Crippen molar-refractivity contribution >= 4 is 33.5 Å². The molecule has 0 aliphatic carbocycles. The van der Waals surface area contributed by atoms with Gasteiger partial charge in [0.05, 0.1) is 11.3 Å². The highest BCUT2D eigenvalue weighted by molar-refractivity contribution is 9.10. The molecule has 1 amide bonds. The number of carboxylic acid groups (broad SMARTS) is 1. The molecule has 0 unspecified atom stereocenters. The van der Waals surface area contributed by atoms with Crippen molar-refractivity contribution in [2.45, 2.75) is 0 Å². The van der Waals surface area contributed by atoms with Crippen LogP contribution < -0.4 is 5.32 Å². The Morgan fingerprint density at radius 3 is 2.60 bits per heavy atom. The van der Waals surface area contributed by atoms with Crippen LogP contribution in [0.5, 0.6) is 0 Å². The number of nitrogens with zero attached hydrogens (tertiary/aromatic N) is 1. The van der Waals surface area contributed by atoms with Crippen LogP contribution in [0.15, 0.2) is 41.0 Å². The van der Waals surface area contributed by atoms with E-state index in [-0.39, 0.29) is 16.9 Å². The Kier molecular flexibility index (Phi) is 4.09. The number of carboxylic acids is 1. The molecule has 0 fully saturated rings. The van der Waals surface area contributed by atoms with Crippen molar-refractivity contribution in [2.75, 3.05) is 5.32 Å². The molecule has 20 heavy (non-hydrogen) atoms. The van der Waals surface area contributed by atoms with Gasteiger partial charge in [0, 0.05) is 10.7 Å². The number of carbonyl (C=O) groups excluding carboxylic acids is 1. The number of amides is 1. The highest BCUT2D eigenvalue weighted by atomic mass is 79.9. The van der Waals surface area contributed by atoms with Crippen LogP contribution in [0.1, 0.15) is 20.8 Å². The Hall–Kier alpha value is -2.28. The van der Waals surface area contributed by atoms with E-state index in [9.17, 15) is 14.0 Å². The zero-order chi connectivity index (χ0) is 14.7. The van der Waals surface area contributed by atoms with Crippen LogP contribution in [0, 0.1) is 5.82 Å². The topological polar surface area (TPSA) is 79.3 Å². The number of anilines is 1. The molecule has 0 atom stereocenters. The van der Waals surface area contributed by atoms with Crippen LogP contribution in [0.4, 0.5) is 10.1 Å². The number of aromatic nitrogens is 1. The van der Waals surface area contributed by atoms with Gasteiger partial charge in [0.25, 0.3) is 5.91 Å². The lowest BCUT2D eigenvalue weighted by molar-refractivity contribution is 0.0696. The van der Waals surface area contributed by atoms with Gasteiger partial charge in [-0.15, -0.1) is 0 Å². The maximum atomic E-state index is 13.5.